The molecular weight excluding hydrogens is 301 g/mol. The summed E-state index contributed by atoms with van der Waals surface area (Å²) in [5.41, 5.74) is 8.40. The summed E-state index contributed by atoms with van der Waals surface area (Å²) in [7, 11) is -2.14. The monoisotopic (exact) mass is 331 g/mol. The largest absolute Gasteiger partial charge is 0.507 e. The molecule has 3 N–H and O–H groups in total. The highest BCUT2D eigenvalue weighted by Crippen LogP contribution is 2.35. The van der Waals surface area contributed by atoms with Crippen LogP contribution >= 0.6 is 8.25 Å². The van der Waals surface area contributed by atoms with Crippen LogP contribution in [0.3, 0.4) is 0 Å². The van der Waals surface area contributed by atoms with Crippen molar-refractivity contribution >= 4 is 13.9 Å². The van der Waals surface area contributed by atoms with Gasteiger partial charge in [0.1, 0.15) is 5.75 Å². The number of phenols is 1. The fourth-order valence-electron chi connectivity index (χ4n) is 1.86. The molecule has 1 rings (SSSR count). The quantitative estimate of drug-likeness (QED) is 0.450. The van der Waals surface area contributed by atoms with E-state index < -0.39 is 8.25 Å². The molecule has 0 heterocycles. The number of phenolic OH excluding ortho intramolecular Hbond substituents is 1. The predicted molar refractivity (Wildman–Crippen MR) is 93.0 cm³/mol. The molecule has 0 aromatic heterocycles. The standard InChI is InChI=1S/C12H19NO.C4H11O3P/c1-7(2)10-5-9(13)6-11(8(3)4)12(10)14;1-3-6-8(5)7-4-2/h5-8,14H,13H2,1-4H3;8H,3-4H2,1-2H3. The van der Waals surface area contributed by atoms with Gasteiger partial charge in [0.2, 0.25) is 0 Å². The first-order chi connectivity index (χ1) is 10.2. The number of nitrogen functional groups attached to an aromatic ring is 1. The van der Waals surface area contributed by atoms with E-state index in [1.807, 2.05) is 12.1 Å². The molecule has 0 aliphatic heterocycles. The van der Waals surface area contributed by atoms with Gasteiger partial charge in [-0.05, 0) is 48.9 Å². The van der Waals surface area contributed by atoms with E-state index in [1.165, 1.54) is 0 Å². The fourth-order valence-corrected chi connectivity index (χ4v) is 2.42. The topological polar surface area (TPSA) is 81.8 Å². The molecule has 0 radical (unpaired) electrons. The van der Waals surface area contributed by atoms with Crippen LogP contribution in [0.2, 0.25) is 0 Å². The molecule has 0 saturated carbocycles. The second-order valence-corrected chi connectivity index (χ2v) is 6.55. The molecule has 0 bridgehead atoms. The normalized spacial score (nSPS) is 11.0. The Balaban J connectivity index is 0.000000472. The SMILES string of the molecule is CC(C)c1cc(N)cc(C(C)C)c1O.CCO[PH](=O)OCC. The van der Waals surface area contributed by atoms with Gasteiger partial charge in [0.05, 0.1) is 13.2 Å². The number of nitrogens with two attached hydrogens (primary N) is 1. The first kappa shape index (κ1) is 21.0. The maximum atomic E-state index is 10.4. The Labute approximate surface area is 134 Å². The van der Waals surface area contributed by atoms with Crippen LogP contribution in [0.25, 0.3) is 0 Å². The highest BCUT2D eigenvalue weighted by atomic mass is 31.1. The van der Waals surface area contributed by atoms with Crippen LogP contribution in [0.4, 0.5) is 5.69 Å². The van der Waals surface area contributed by atoms with Crippen LogP contribution in [0.5, 0.6) is 5.75 Å². The lowest BCUT2D eigenvalue weighted by molar-refractivity contribution is 0.243. The number of hydrogen-bond donors (Lipinski definition) is 2. The van der Waals surface area contributed by atoms with Crippen LogP contribution in [-0.4, -0.2) is 18.3 Å². The lowest BCUT2D eigenvalue weighted by Crippen LogP contribution is -1.98. The lowest BCUT2D eigenvalue weighted by Gasteiger charge is -2.15. The van der Waals surface area contributed by atoms with Crippen molar-refractivity contribution in [1.29, 1.82) is 0 Å². The van der Waals surface area contributed by atoms with Gasteiger partial charge in [-0.3, -0.25) is 4.57 Å². The summed E-state index contributed by atoms with van der Waals surface area (Å²) in [6, 6.07) is 3.71. The fraction of sp³-hybridized carbons (Fsp3) is 0.625. The van der Waals surface area contributed by atoms with Crippen molar-refractivity contribution in [3.63, 3.8) is 0 Å². The van der Waals surface area contributed by atoms with E-state index in [2.05, 4.69) is 36.7 Å². The van der Waals surface area contributed by atoms with Gasteiger partial charge in [-0.15, -0.1) is 0 Å². The van der Waals surface area contributed by atoms with Crippen LogP contribution in [0.1, 0.15) is 64.5 Å². The first-order valence-electron chi connectivity index (χ1n) is 7.66. The highest BCUT2D eigenvalue weighted by molar-refractivity contribution is 7.33. The van der Waals surface area contributed by atoms with Gasteiger partial charge in [0, 0.05) is 5.69 Å². The van der Waals surface area contributed by atoms with Gasteiger partial charge in [0.15, 0.2) is 0 Å². The Hall–Kier alpha value is -1.03. The van der Waals surface area contributed by atoms with Crippen LogP contribution in [0, 0.1) is 0 Å². The van der Waals surface area contributed by atoms with E-state index in [1.54, 1.807) is 13.8 Å². The van der Waals surface area contributed by atoms with Crippen LogP contribution < -0.4 is 5.73 Å². The summed E-state index contributed by atoms with van der Waals surface area (Å²) in [6.07, 6.45) is 0. The van der Waals surface area contributed by atoms with Gasteiger partial charge >= 0.3 is 8.25 Å². The number of anilines is 1. The molecule has 0 atom stereocenters. The molecule has 0 aliphatic carbocycles. The molecular formula is C16H30NO4P. The van der Waals surface area contributed by atoms with Crippen LogP contribution in [-0.2, 0) is 13.6 Å². The summed E-state index contributed by atoms with van der Waals surface area (Å²) < 4.78 is 19.6. The molecule has 6 heteroatoms. The Bertz CT molecular complexity index is 438. The number of benzene rings is 1. The third-order valence-corrected chi connectivity index (χ3v) is 4.01. The zero-order chi connectivity index (χ0) is 17.3. The number of hydrogen-bond acceptors (Lipinski definition) is 5. The molecule has 5 nitrogen and oxygen atoms in total. The van der Waals surface area contributed by atoms with Gasteiger partial charge < -0.3 is 19.9 Å². The number of rotatable bonds is 6. The van der Waals surface area contributed by atoms with Gasteiger partial charge in [0.25, 0.3) is 0 Å². The zero-order valence-corrected chi connectivity index (χ0v) is 15.5. The second kappa shape index (κ2) is 10.7. The lowest BCUT2D eigenvalue weighted by atomic mass is 9.93. The average Bonchev–Trinajstić information content (AvgIpc) is 2.41. The van der Waals surface area contributed by atoms with E-state index in [0.29, 0.717) is 30.8 Å². The molecule has 0 aliphatic rings. The molecule has 0 amide bonds. The minimum Gasteiger partial charge on any atom is -0.507 e. The molecule has 22 heavy (non-hydrogen) atoms. The maximum absolute atomic E-state index is 10.4. The first-order valence-corrected chi connectivity index (χ1v) is 8.88. The van der Waals surface area contributed by atoms with Crippen LogP contribution in [0.15, 0.2) is 12.1 Å². The summed E-state index contributed by atoms with van der Waals surface area (Å²) in [5.74, 6) is 1.01. The molecule has 0 spiro atoms. The van der Waals surface area contributed by atoms with Crippen molar-refractivity contribution in [1.82, 2.24) is 0 Å². The summed E-state index contributed by atoms with van der Waals surface area (Å²) in [4.78, 5) is 0. The average molecular weight is 331 g/mol. The van der Waals surface area contributed by atoms with Crippen molar-refractivity contribution in [2.45, 2.75) is 53.4 Å². The van der Waals surface area contributed by atoms with Crippen molar-refractivity contribution in [3.8, 4) is 5.75 Å². The Morgan fingerprint density at radius 1 is 1.05 bits per heavy atom. The Morgan fingerprint density at radius 2 is 1.41 bits per heavy atom. The molecule has 1 aromatic carbocycles. The van der Waals surface area contributed by atoms with Gasteiger partial charge in [-0.1, -0.05) is 27.7 Å². The second-order valence-electron chi connectivity index (χ2n) is 5.47. The zero-order valence-electron chi connectivity index (χ0n) is 14.5. The van der Waals surface area contributed by atoms with Crippen molar-refractivity contribution in [2.24, 2.45) is 0 Å². The summed E-state index contributed by atoms with van der Waals surface area (Å²) in [6.45, 7) is 12.7. The predicted octanol–water partition coefficient (Wildman–Crippen LogP) is 4.67. The molecule has 1 aromatic rings. The van der Waals surface area contributed by atoms with E-state index in [0.717, 1.165) is 16.8 Å². The van der Waals surface area contributed by atoms with Crippen molar-refractivity contribution in [3.05, 3.63) is 23.3 Å². The summed E-state index contributed by atoms with van der Waals surface area (Å²) >= 11 is 0. The van der Waals surface area contributed by atoms with E-state index in [9.17, 15) is 9.67 Å². The van der Waals surface area contributed by atoms with E-state index in [-0.39, 0.29) is 0 Å². The summed E-state index contributed by atoms with van der Waals surface area (Å²) in [5, 5.41) is 10.00. The minimum absolute atomic E-state index is 0.302. The minimum atomic E-state index is -2.14. The molecule has 128 valence electrons. The third-order valence-electron chi connectivity index (χ3n) is 2.96. The Kier molecular flexibility index (Phi) is 10.2. The van der Waals surface area contributed by atoms with E-state index in [4.69, 9.17) is 5.73 Å². The molecule has 0 unspecified atom stereocenters. The Morgan fingerprint density at radius 3 is 1.68 bits per heavy atom. The highest BCUT2D eigenvalue weighted by Gasteiger charge is 2.13. The number of aromatic hydroxyl groups is 1. The smallest absolute Gasteiger partial charge is 0.319 e. The third kappa shape index (κ3) is 7.30. The van der Waals surface area contributed by atoms with Crippen molar-refractivity contribution < 1.29 is 18.7 Å². The van der Waals surface area contributed by atoms with Gasteiger partial charge in [-0.25, -0.2) is 0 Å². The van der Waals surface area contributed by atoms with E-state index >= 15 is 0 Å². The molecule has 0 saturated heterocycles. The molecule has 0 fully saturated rings. The van der Waals surface area contributed by atoms with Crippen molar-refractivity contribution in [2.75, 3.05) is 18.9 Å². The van der Waals surface area contributed by atoms with Gasteiger partial charge in [-0.2, -0.15) is 0 Å². The maximum Gasteiger partial charge on any atom is 0.319 e.